The molecule has 0 aliphatic heterocycles. The third-order valence-electron chi connectivity index (χ3n) is 4.19. The van der Waals surface area contributed by atoms with Crippen LogP contribution in [-0.4, -0.2) is 14.2 Å². The van der Waals surface area contributed by atoms with Gasteiger partial charge in [-0.05, 0) is 52.9 Å². The molecule has 3 aromatic carbocycles. The number of methoxy groups -OCH3 is 2. The maximum atomic E-state index is 5.28. The first-order valence-electron chi connectivity index (χ1n) is 8.33. The van der Waals surface area contributed by atoms with E-state index in [4.69, 9.17) is 9.47 Å². The number of benzene rings is 3. The summed E-state index contributed by atoms with van der Waals surface area (Å²) in [5.41, 5.74) is 4.83. The lowest BCUT2D eigenvalue weighted by Crippen LogP contribution is -1.92. The molecule has 142 valence electrons. The van der Waals surface area contributed by atoms with E-state index in [1.165, 1.54) is 22.3 Å². The van der Waals surface area contributed by atoms with Crippen molar-refractivity contribution in [2.75, 3.05) is 14.2 Å². The highest BCUT2D eigenvalue weighted by atomic mass is 16.5. The van der Waals surface area contributed by atoms with Crippen LogP contribution >= 0.6 is 0 Å². The first kappa shape index (κ1) is 22.0. The predicted octanol–water partition coefficient (Wildman–Crippen LogP) is 5.70. The molecular weight excluding hydrogens is 336 g/mol. The summed E-state index contributed by atoms with van der Waals surface area (Å²) < 4.78 is 10.6. The third-order valence-corrected chi connectivity index (χ3v) is 4.19. The minimum absolute atomic E-state index is 0. The van der Waals surface area contributed by atoms with E-state index < -0.39 is 0 Å². The van der Waals surface area contributed by atoms with E-state index in [-0.39, 0.29) is 12.3 Å². The molecule has 4 heteroatoms. The van der Waals surface area contributed by atoms with Gasteiger partial charge in [-0.1, -0.05) is 60.7 Å². The van der Waals surface area contributed by atoms with Crippen LogP contribution in [0.3, 0.4) is 0 Å². The van der Waals surface area contributed by atoms with E-state index in [0.29, 0.717) is 0 Å². The van der Waals surface area contributed by atoms with Gasteiger partial charge in [-0.2, -0.15) is 0 Å². The third kappa shape index (κ3) is 5.71. The minimum atomic E-state index is 0. The molecule has 0 saturated heterocycles. The Morgan fingerprint density at radius 1 is 0.667 bits per heavy atom. The number of hydrogen-bond donors (Lipinski definition) is 2. The highest BCUT2D eigenvalue weighted by molar-refractivity contribution is 5.80. The normalized spacial score (nSPS) is 9.41. The van der Waals surface area contributed by atoms with E-state index in [1.807, 2.05) is 30.3 Å². The molecule has 0 aliphatic rings. The molecule has 27 heavy (non-hydrogen) atoms. The summed E-state index contributed by atoms with van der Waals surface area (Å²) in [4.78, 5) is 0. The molecule has 0 heterocycles. The SMILES string of the molecule is COc1ccc(C(=CCc2ccccc2)c2ccc(OC)cc2)cc1.N.N. The number of rotatable bonds is 6. The van der Waals surface area contributed by atoms with Crippen LogP contribution in [0.25, 0.3) is 5.57 Å². The van der Waals surface area contributed by atoms with Crippen molar-refractivity contribution in [3.05, 3.63) is 102 Å². The van der Waals surface area contributed by atoms with Crippen molar-refractivity contribution < 1.29 is 9.47 Å². The van der Waals surface area contributed by atoms with Gasteiger partial charge in [0.25, 0.3) is 0 Å². The largest absolute Gasteiger partial charge is 0.497 e. The summed E-state index contributed by atoms with van der Waals surface area (Å²) >= 11 is 0. The van der Waals surface area contributed by atoms with Crippen LogP contribution in [0.1, 0.15) is 16.7 Å². The van der Waals surface area contributed by atoms with Gasteiger partial charge >= 0.3 is 0 Å². The first-order valence-corrected chi connectivity index (χ1v) is 8.33. The molecular formula is C23H28N2O2. The molecule has 0 radical (unpaired) electrons. The summed E-state index contributed by atoms with van der Waals surface area (Å²) in [6.45, 7) is 0. The van der Waals surface area contributed by atoms with Crippen molar-refractivity contribution >= 4 is 5.57 Å². The van der Waals surface area contributed by atoms with Crippen molar-refractivity contribution in [2.24, 2.45) is 0 Å². The lowest BCUT2D eigenvalue weighted by Gasteiger charge is -2.11. The number of hydrogen-bond acceptors (Lipinski definition) is 4. The van der Waals surface area contributed by atoms with Gasteiger partial charge in [-0.25, -0.2) is 0 Å². The Morgan fingerprint density at radius 3 is 1.52 bits per heavy atom. The monoisotopic (exact) mass is 364 g/mol. The Balaban J connectivity index is 0.00000182. The average molecular weight is 364 g/mol. The maximum Gasteiger partial charge on any atom is 0.118 e. The Morgan fingerprint density at radius 2 is 1.11 bits per heavy atom. The van der Waals surface area contributed by atoms with E-state index in [2.05, 4.69) is 54.6 Å². The van der Waals surface area contributed by atoms with Gasteiger partial charge in [0.1, 0.15) is 11.5 Å². The molecule has 0 spiro atoms. The zero-order valence-corrected chi connectivity index (χ0v) is 16.0. The van der Waals surface area contributed by atoms with E-state index in [0.717, 1.165) is 17.9 Å². The number of ether oxygens (including phenoxy) is 2. The fourth-order valence-corrected chi connectivity index (χ4v) is 2.78. The van der Waals surface area contributed by atoms with Crippen molar-refractivity contribution in [3.8, 4) is 11.5 Å². The molecule has 4 nitrogen and oxygen atoms in total. The van der Waals surface area contributed by atoms with Crippen LogP contribution in [0.2, 0.25) is 0 Å². The molecule has 6 N–H and O–H groups in total. The molecule has 0 amide bonds. The van der Waals surface area contributed by atoms with Crippen LogP contribution in [-0.2, 0) is 6.42 Å². The summed E-state index contributed by atoms with van der Waals surface area (Å²) in [7, 11) is 3.37. The maximum absolute atomic E-state index is 5.28. The van der Waals surface area contributed by atoms with Crippen LogP contribution in [0.4, 0.5) is 0 Å². The second-order valence-electron chi connectivity index (χ2n) is 5.76. The molecule has 3 aromatic rings. The van der Waals surface area contributed by atoms with Gasteiger partial charge in [0.05, 0.1) is 14.2 Å². The second-order valence-corrected chi connectivity index (χ2v) is 5.76. The quantitative estimate of drug-likeness (QED) is 0.587. The fourth-order valence-electron chi connectivity index (χ4n) is 2.78. The molecule has 0 bridgehead atoms. The van der Waals surface area contributed by atoms with Crippen LogP contribution in [0, 0.1) is 0 Å². The summed E-state index contributed by atoms with van der Waals surface area (Å²) in [5, 5.41) is 0. The molecule has 0 fully saturated rings. The highest BCUT2D eigenvalue weighted by Crippen LogP contribution is 2.27. The molecule has 0 unspecified atom stereocenters. The zero-order valence-electron chi connectivity index (χ0n) is 16.0. The van der Waals surface area contributed by atoms with Gasteiger partial charge in [0.2, 0.25) is 0 Å². The second kappa shape index (κ2) is 10.8. The molecule has 0 aliphatic carbocycles. The predicted molar refractivity (Wildman–Crippen MR) is 113 cm³/mol. The van der Waals surface area contributed by atoms with Crippen LogP contribution in [0.5, 0.6) is 11.5 Å². The Labute approximate surface area is 161 Å². The van der Waals surface area contributed by atoms with Crippen LogP contribution < -0.4 is 21.8 Å². The van der Waals surface area contributed by atoms with Gasteiger partial charge in [0, 0.05) is 0 Å². The summed E-state index contributed by atoms with van der Waals surface area (Å²) in [6.07, 6.45) is 3.16. The van der Waals surface area contributed by atoms with E-state index in [9.17, 15) is 0 Å². The van der Waals surface area contributed by atoms with Crippen LogP contribution in [0.15, 0.2) is 84.9 Å². The topological polar surface area (TPSA) is 88.5 Å². The van der Waals surface area contributed by atoms with E-state index >= 15 is 0 Å². The average Bonchev–Trinajstić information content (AvgIpc) is 2.70. The lowest BCUT2D eigenvalue weighted by molar-refractivity contribution is 0.414. The minimum Gasteiger partial charge on any atom is -0.497 e. The highest BCUT2D eigenvalue weighted by Gasteiger charge is 2.06. The molecule has 0 saturated carbocycles. The summed E-state index contributed by atoms with van der Waals surface area (Å²) in [6, 6.07) is 26.9. The van der Waals surface area contributed by atoms with Gasteiger partial charge < -0.3 is 21.8 Å². The van der Waals surface area contributed by atoms with Gasteiger partial charge in [-0.3, -0.25) is 0 Å². The van der Waals surface area contributed by atoms with Crippen molar-refractivity contribution in [2.45, 2.75) is 6.42 Å². The van der Waals surface area contributed by atoms with Crippen molar-refractivity contribution in [1.29, 1.82) is 0 Å². The lowest BCUT2D eigenvalue weighted by atomic mass is 9.95. The number of allylic oxidation sites excluding steroid dienone is 1. The first-order chi connectivity index (χ1) is 12.3. The molecule has 3 rings (SSSR count). The Bertz CT molecular complexity index is 777. The standard InChI is InChI=1S/C23H22O2.2H3N/c1-24-21-13-9-19(10-14-21)23(17-8-18-6-4-3-5-7-18)20-11-15-22(25-2)16-12-20;;/h3-7,9-17H,8H2,1-2H3;2*1H3. The molecule has 0 atom stereocenters. The van der Waals surface area contributed by atoms with Crippen molar-refractivity contribution in [1.82, 2.24) is 12.3 Å². The Hall–Kier alpha value is -3.08. The molecule has 0 aromatic heterocycles. The summed E-state index contributed by atoms with van der Waals surface area (Å²) in [5.74, 6) is 1.72. The Kier molecular flexibility index (Phi) is 8.79. The van der Waals surface area contributed by atoms with Crippen molar-refractivity contribution in [3.63, 3.8) is 0 Å². The van der Waals surface area contributed by atoms with Gasteiger partial charge in [0.15, 0.2) is 0 Å². The van der Waals surface area contributed by atoms with Gasteiger partial charge in [-0.15, -0.1) is 0 Å². The fraction of sp³-hybridized carbons (Fsp3) is 0.130. The van der Waals surface area contributed by atoms with E-state index in [1.54, 1.807) is 14.2 Å². The zero-order chi connectivity index (χ0) is 17.5. The smallest absolute Gasteiger partial charge is 0.118 e.